The van der Waals surface area contributed by atoms with Gasteiger partial charge in [-0.3, -0.25) is 4.79 Å². The summed E-state index contributed by atoms with van der Waals surface area (Å²) >= 11 is 0. The van der Waals surface area contributed by atoms with Gasteiger partial charge in [0.05, 0.1) is 28.4 Å². The van der Waals surface area contributed by atoms with E-state index in [0.29, 0.717) is 30.0 Å². The van der Waals surface area contributed by atoms with E-state index in [-0.39, 0.29) is 5.91 Å². The van der Waals surface area contributed by atoms with Crippen LogP contribution in [0.25, 0.3) is 0 Å². The Kier molecular flexibility index (Phi) is 6.51. The van der Waals surface area contributed by atoms with Gasteiger partial charge in [-0.25, -0.2) is 0 Å². The fraction of sp³-hybridized carbons (Fsp3) is 0.316. The Balaban J connectivity index is 2.01. The van der Waals surface area contributed by atoms with Gasteiger partial charge >= 0.3 is 0 Å². The largest absolute Gasteiger partial charge is 0.497 e. The minimum absolute atomic E-state index is 0.188. The fourth-order valence-electron chi connectivity index (χ4n) is 2.37. The van der Waals surface area contributed by atoms with Crippen LogP contribution in [0, 0.1) is 0 Å². The Morgan fingerprint density at radius 2 is 1.20 bits per heavy atom. The molecule has 2 rings (SSSR count). The molecule has 0 spiro atoms. The lowest BCUT2D eigenvalue weighted by Gasteiger charge is -2.11. The van der Waals surface area contributed by atoms with Crippen LogP contribution in [0.15, 0.2) is 36.4 Å². The van der Waals surface area contributed by atoms with E-state index in [4.69, 9.17) is 18.9 Å². The molecular weight excluding hydrogens is 322 g/mol. The van der Waals surface area contributed by atoms with Crippen molar-refractivity contribution in [3.8, 4) is 23.0 Å². The first-order valence-electron chi connectivity index (χ1n) is 7.82. The number of methoxy groups -OCH3 is 4. The number of benzene rings is 2. The van der Waals surface area contributed by atoms with Gasteiger partial charge in [0.15, 0.2) is 0 Å². The standard InChI is InChI=1S/C19H23NO5/c1-22-15-7-13(8-16(11-15)23-2)5-6-20-19(21)14-9-17(24-3)12-18(10-14)25-4/h7-12H,5-6H2,1-4H3,(H,20,21). The zero-order valence-electron chi connectivity index (χ0n) is 14.9. The molecule has 0 aliphatic carbocycles. The van der Waals surface area contributed by atoms with Gasteiger partial charge in [0.25, 0.3) is 5.91 Å². The van der Waals surface area contributed by atoms with Gasteiger partial charge in [0, 0.05) is 24.2 Å². The number of carbonyl (C=O) groups is 1. The molecule has 1 N–H and O–H groups in total. The normalized spacial score (nSPS) is 10.1. The summed E-state index contributed by atoms with van der Waals surface area (Å²) in [6.07, 6.45) is 0.653. The second kappa shape index (κ2) is 8.82. The molecule has 2 aromatic carbocycles. The van der Waals surface area contributed by atoms with E-state index in [2.05, 4.69) is 5.32 Å². The van der Waals surface area contributed by atoms with Crippen LogP contribution in [0.5, 0.6) is 23.0 Å². The molecule has 134 valence electrons. The summed E-state index contributed by atoms with van der Waals surface area (Å²) in [5.74, 6) is 2.40. The molecule has 1 amide bonds. The lowest BCUT2D eigenvalue weighted by Crippen LogP contribution is -2.25. The monoisotopic (exact) mass is 345 g/mol. The first kappa shape index (κ1) is 18.4. The molecule has 2 aromatic rings. The summed E-state index contributed by atoms with van der Waals surface area (Å²) in [6.45, 7) is 0.481. The highest BCUT2D eigenvalue weighted by molar-refractivity contribution is 5.95. The molecule has 0 unspecified atom stereocenters. The van der Waals surface area contributed by atoms with Gasteiger partial charge in [0.2, 0.25) is 0 Å². The van der Waals surface area contributed by atoms with Crippen molar-refractivity contribution >= 4 is 5.91 Å². The lowest BCUT2D eigenvalue weighted by atomic mass is 10.1. The Morgan fingerprint density at radius 1 is 0.760 bits per heavy atom. The molecule has 25 heavy (non-hydrogen) atoms. The van der Waals surface area contributed by atoms with Crippen LogP contribution in [0.3, 0.4) is 0 Å². The van der Waals surface area contributed by atoms with Crippen molar-refractivity contribution in [3.63, 3.8) is 0 Å². The molecular formula is C19H23NO5. The Morgan fingerprint density at radius 3 is 1.64 bits per heavy atom. The second-order valence-electron chi connectivity index (χ2n) is 5.33. The number of nitrogens with one attached hydrogen (secondary N) is 1. The molecule has 0 aliphatic heterocycles. The minimum atomic E-state index is -0.188. The molecule has 0 fully saturated rings. The van der Waals surface area contributed by atoms with Crippen molar-refractivity contribution in [2.24, 2.45) is 0 Å². The molecule has 0 saturated carbocycles. The van der Waals surface area contributed by atoms with Gasteiger partial charge < -0.3 is 24.3 Å². The van der Waals surface area contributed by atoms with Gasteiger partial charge in [-0.05, 0) is 36.2 Å². The predicted octanol–water partition coefficient (Wildman–Crippen LogP) is 2.69. The number of hydrogen-bond acceptors (Lipinski definition) is 5. The summed E-state index contributed by atoms with van der Waals surface area (Å²) in [7, 11) is 6.31. The molecule has 0 radical (unpaired) electrons. The van der Waals surface area contributed by atoms with Gasteiger partial charge in [0.1, 0.15) is 23.0 Å². The first-order valence-corrected chi connectivity index (χ1v) is 7.82. The molecule has 0 atom stereocenters. The molecule has 0 aromatic heterocycles. The highest BCUT2D eigenvalue weighted by Gasteiger charge is 2.10. The molecule has 6 nitrogen and oxygen atoms in total. The van der Waals surface area contributed by atoms with Crippen LogP contribution in [0.4, 0.5) is 0 Å². The summed E-state index contributed by atoms with van der Waals surface area (Å²) in [5.41, 5.74) is 1.50. The third-order valence-corrected chi connectivity index (χ3v) is 3.72. The van der Waals surface area contributed by atoms with Gasteiger partial charge in [-0.15, -0.1) is 0 Å². The van der Waals surface area contributed by atoms with Crippen LogP contribution in [0.2, 0.25) is 0 Å². The van der Waals surface area contributed by atoms with Gasteiger partial charge in [-0.1, -0.05) is 0 Å². The van der Waals surface area contributed by atoms with Crippen LogP contribution in [-0.4, -0.2) is 40.9 Å². The molecule has 0 bridgehead atoms. The Hall–Kier alpha value is -2.89. The highest BCUT2D eigenvalue weighted by atomic mass is 16.5. The summed E-state index contributed by atoms with van der Waals surface area (Å²) in [5, 5.41) is 2.89. The van der Waals surface area contributed by atoms with Crippen molar-refractivity contribution in [3.05, 3.63) is 47.5 Å². The maximum absolute atomic E-state index is 12.3. The van der Waals surface area contributed by atoms with E-state index in [9.17, 15) is 4.79 Å². The van der Waals surface area contributed by atoms with E-state index in [1.165, 1.54) is 0 Å². The average molecular weight is 345 g/mol. The highest BCUT2D eigenvalue weighted by Crippen LogP contribution is 2.23. The van der Waals surface area contributed by atoms with Crippen LogP contribution in [0.1, 0.15) is 15.9 Å². The molecule has 6 heteroatoms. The maximum Gasteiger partial charge on any atom is 0.251 e. The predicted molar refractivity (Wildman–Crippen MR) is 95.1 cm³/mol. The van der Waals surface area contributed by atoms with Crippen molar-refractivity contribution in [1.29, 1.82) is 0 Å². The fourth-order valence-corrected chi connectivity index (χ4v) is 2.37. The molecule has 0 saturated heterocycles. The van der Waals surface area contributed by atoms with Crippen molar-refractivity contribution in [1.82, 2.24) is 5.32 Å². The second-order valence-corrected chi connectivity index (χ2v) is 5.33. The van der Waals surface area contributed by atoms with Crippen LogP contribution in [-0.2, 0) is 6.42 Å². The van der Waals surface area contributed by atoms with Crippen LogP contribution < -0.4 is 24.3 Å². The summed E-state index contributed by atoms with van der Waals surface area (Å²) in [4.78, 5) is 12.3. The molecule has 0 heterocycles. The number of hydrogen-bond donors (Lipinski definition) is 1. The Bertz CT molecular complexity index is 685. The third-order valence-electron chi connectivity index (χ3n) is 3.72. The van der Waals surface area contributed by atoms with E-state index in [0.717, 1.165) is 17.1 Å². The van der Waals surface area contributed by atoms with Crippen molar-refractivity contribution in [2.45, 2.75) is 6.42 Å². The van der Waals surface area contributed by atoms with Crippen LogP contribution >= 0.6 is 0 Å². The zero-order chi connectivity index (χ0) is 18.2. The average Bonchev–Trinajstić information content (AvgIpc) is 2.66. The third kappa shape index (κ3) is 5.04. The SMILES string of the molecule is COc1cc(CCNC(=O)c2cc(OC)cc(OC)c2)cc(OC)c1. The summed E-state index contributed by atoms with van der Waals surface area (Å²) in [6, 6.07) is 10.7. The lowest BCUT2D eigenvalue weighted by molar-refractivity contribution is 0.0953. The summed E-state index contributed by atoms with van der Waals surface area (Å²) < 4.78 is 20.9. The topological polar surface area (TPSA) is 66.0 Å². The van der Waals surface area contributed by atoms with Crippen molar-refractivity contribution < 1.29 is 23.7 Å². The zero-order valence-corrected chi connectivity index (χ0v) is 14.9. The molecule has 0 aliphatic rings. The number of carbonyl (C=O) groups excluding carboxylic acids is 1. The van der Waals surface area contributed by atoms with Gasteiger partial charge in [-0.2, -0.15) is 0 Å². The van der Waals surface area contributed by atoms with E-state index < -0.39 is 0 Å². The van der Waals surface area contributed by atoms with E-state index >= 15 is 0 Å². The number of amides is 1. The number of ether oxygens (including phenoxy) is 4. The smallest absolute Gasteiger partial charge is 0.251 e. The maximum atomic E-state index is 12.3. The van der Waals surface area contributed by atoms with E-state index in [1.807, 2.05) is 18.2 Å². The minimum Gasteiger partial charge on any atom is -0.497 e. The number of rotatable bonds is 8. The quantitative estimate of drug-likeness (QED) is 0.797. The van der Waals surface area contributed by atoms with Crippen molar-refractivity contribution in [2.75, 3.05) is 35.0 Å². The van der Waals surface area contributed by atoms with E-state index in [1.54, 1.807) is 46.6 Å². The first-order chi connectivity index (χ1) is 12.1. The Labute approximate surface area is 147 Å².